The molecule has 0 spiro atoms. The van der Waals surface area contributed by atoms with Gasteiger partial charge >= 0.3 is 6.18 Å². The van der Waals surface area contributed by atoms with Crippen molar-refractivity contribution in [2.24, 2.45) is 0 Å². The molecule has 0 bridgehead atoms. The normalized spacial score (nSPS) is 11.3. The molecule has 1 aromatic heterocycles. The van der Waals surface area contributed by atoms with Crippen LogP contribution in [-0.4, -0.2) is 24.8 Å². The molecular weight excluding hydrogens is 233 g/mol. The topological polar surface area (TPSA) is 34.1 Å². The lowest BCUT2D eigenvalue weighted by Gasteiger charge is -2.12. The van der Waals surface area contributed by atoms with Crippen LogP contribution in [0, 0.1) is 0 Å². The van der Waals surface area contributed by atoms with Gasteiger partial charge in [0.15, 0.2) is 10.9 Å². The number of pyridine rings is 1. The molecule has 15 heavy (non-hydrogen) atoms. The quantitative estimate of drug-likeness (QED) is 0.825. The third-order valence-corrected chi connectivity index (χ3v) is 1.81. The van der Waals surface area contributed by atoms with Crippen LogP contribution >= 0.6 is 11.6 Å². The molecule has 0 amide bonds. The van der Waals surface area contributed by atoms with E-state index < -0.39 is 12.7 Å². The smallest absolute Gasteiger partial charge is 0.405 e. The molecule has 0 radical (unpaired) electrons. The van der Waals surface area contributed by atoms with Crippen LogP contribution in [0.15, 0.2) is 12.3 Å². The zero-order valence-electron chi connectivity index (χ0n) is 7.73. The van der Waals surface area contributed by atoms with E-state index in [0.717, 1.165) is 0 Å². The highest BCUT2D eigenvalue weighted by Gasteiger charge is 2.27. The maximum atomic E-state index is 11.9. The predicted octanol–water partition coefficient (Wildman–Crippen LogP) is 2.72. The number of halogens is 4. The molecule has 0 saturated heterocycles. The van der Waals surface area contributed by atoms with E-state index in [0.29, 0.717) is 0 Å². The predicted molar refractivity (Wildman–Crippen MR) is 50.3 cm³/mol. The Balaban J connectivity index is 2.81. The minimum atomic E-state index is -4.29. The van der Waals surface area contributed by atoms with Crippen LogP contribution in [0.1, 0.15) is 0 Å². The van der Waals surface area contributed by atoms with Crippen molar-refractivity contribution in [1.82, 2.24) is 4.98 Å². The number of aromatic nitrogens is 1. The van der Waals surface area contributed by atoms with Gasteiger partial charge in [0.25, 0.3) is 0 Å². The van der Waals surface area contributed by atoms with Gasteiger partial charge in [0.1, 0.15) is 6.54 Å². The summed E-state index contributed by atoms with van der Waals surface area (Å²) >= 11 is 5.62. The molecule has 0 aliphatic rings. The third-order valence-electron chi connectivity index (χ3n) is 1.54. The van der Waals surface area contributed by atoms with E-state index in [1.807, 2.05) is 0 Å². The molecule has 0 unspecified atom stereocenters. The number of nitrogens with one attached hydrogen (secondary N) is 1. The molecule has 3 nitrogen and oxygen atoms in total. The van der Waals surface area contributed by atoms with Gasteiger partial charge in [-0.05, 0) is 6.07 Å². The summed E-state index contributed by atoms with van der Waals surface area (Å²) in [6, 6.07) is 1.36. The van der Waals surface area contributed by atoms with Gasteiger partial charge in [0, 0.05) is 6.20 Å². The molecule has 7 heteroatoms. The first-order chi connectivity index (χ1) is 6.94. The van der Waals surface area contributed by atoms with Gasteiger partial charge in [-0.25, -0.2) is 4.98 Å². The fourth-order valence-corrected chi connectivity index (χ4v) is 1.19. The van der Waals surface area contributed by atoms with Gasteiger partial charge in [0.05, 0.1) is 12.8 Å². The SMILES string of the molecule is COc1c(NCC(F)(F)F)ccnc1Cl. The van der Waals surface area contributed by atoms with Gasteiger partial charge in [-0.2, -0.15) is 13.2 Å². The molecule has 1 aromatic rings. The Bertz CT molecular complexity index is 343. The highest BCUT2D eigenvalue weighted by molar-refractivity contribution is 6.31. The number of alkyl halides is 3. The van der Waals surface area contributed by atoms with E-state index in [1.165, 1.54) is 19.4 Å². The van der Waals surface area contributed by atoms with Crippen LogP contribution in [0.5, 0.6) is 5.75 Å². The fraction of sp³-hybridized carbons (Fsp3) is 0.375. The van der Waals surface area contributed by atoms with E-state index in [9.17, 15) is 13.2 Å². The minimum Gasteiger partial charge on any atom is -0.491 e. The lowest BCUT2D eigenvalue weighted by molar-refractivity contribution is -0.115. The van der Waals surface area contributed by atoms with Crippen molar-refractivity contribution in [1.29, 1.82) is 0 Å². The lowest BCUT2D eigenvalue weighted by atomic mass is 10.3. The molecule has 0 atom stereocenters. The van der Waals surface area contributed by atoms with Crippen molar-refractivity contribution in [2.75, 3.05) is 19.0 Å². The van der Waals surface area contributed by atoms with E-state index in [1.54, 1.807) is 0 Å². The van der Waals surface area contributed by atoms with Crippen molar-refractivity contribution in [3.05, 3.63) is 17.4 Å². The molecule has 0 aliphatic carbocycles. The number of anilines is 1. The first-order valence-corrected chi connectivity index (χ1v) is 4.31. The average Bonchev–Trinajstić information content (AvgIpc) is 2.13. The largest absolute Gasteiger partial charge is 0.491 e. The standard InChI is InChI=1S/C8H8ClF3N2O/c1-15-6-5(2-3-13-7(6)9)14-4-8(10,11)12/h2-3H,4H2,1H3,(H,13,14). The summed E-state index contributed by atoms with van der Waals surface area (Å²) < 4.78 is 40.6. The average molecular weight is 241 g/mol. The molecule has 0 saturated carbocycles. The third kappa shape index (κ3) is 3.47. The van der Waals surface area contributed by atoms with Crippen LogP contribution < -0.4 is 10.1 Å². The van der Waals surface area contributed by atoms with Crippen LogP contribution in [0.2, 0.25) is 5.15 Å². The van der Waals surface area contributed by atoms with Crippen LogP contribution in [0.25, 0.3) is 0 Å². The summed E-state index contributed by atoms with van der Waals surface area (Å²) in [5, 5.41) is 2.19. The van der Waals surface area contributed by atoms with Gasteiger partial charge in [-0.1, -0.05) is 11.6 Å². The zero-order chi connectivity index (χ0) is 11.5. The van der Waals surface area contributed by atoms with Crippen LogP contribution in [0.3, 0.4) is 0 Å². The summed E-state index contributed by atoms with van der Waals surface area (Å²) in [5.41, 5.74) is 0.162. The Morgan fingerprint density at radius 3 is 2.73 bits per heavy atom. The van der Waals surface area contributed by atoms with E-state index in [2.05, 4.69) is 10.3 Å². The Morgan fingerprint density at radius 2 is 2.20 bits per heavy atom. The number of rotatable bonds is 3. The first-order valence-electron chi connectivity index (χ1n) is 3.93. The van der Waals surface area contributed by atoms with E-state index in [-0.39, 0.29) is 16.6 Å². The Morgan fingerprint density at radius 1 is 1.53 bits per heavy atom. The van der Waals surface area contributed by atoms with Gasteiger partial charge < -0.3 is 10.1 Å². The summed E-state index contributed by atoms with van der Waals surface area (Å²) in [5.74, 6) is 0.100. The molecule has 0 aliphatic heterocycles. The molecule has 0 aromatic carbocycles. The minimum absolute atomic E-state index is 0.0182. The Hall–Kier alpha value is -1.17. The molecule has 1 N–H and O–H groups in total. The second-order valence-electron chi connectivity index (χ2n) is 2.65. The van der Waals surface area contributed by atoms with E-state index >= 15 is 0 Å². The number of nitrogens with zero attached hydrogens (tertiary/aromatic N) is 1. The number of hydrogen-bond donors (Lipinski definition) is 1. The number of methoxy groups -OCH3 is 1. The van der Waals surface area contributed by atoms with Crippen molar-refractivity contribution < 1.29 is 17.9 Å². The molecule has 0 fully saturated rings. The number of hydrogen-bond acceptors (Lipinski definition) is 3. The van der Waals surface area contributed by atoms with Gasteiger partial charge in [0.2, 0.25) is 0 Å². The second kappa shape index (κ2) is 4.57. The Kier molecular flexibility index (Phi) is 3.62. The van der Waals surface area contributed by atoms with Crippen LogP contribution in [0.4, 0.5) is 18.9 Å². The molecular formula is C8H8ClF3N2O. The maximum absolute atomic E-state index is 11.9. The van der Waals surface area contributed by atoms with Crippen molar-refractivity contribution >= 4 is 17.3 Å². The Labute approximate surface area is 89.2 Å². The molecule has 84 valence electrons. The summed E-state index contributed by atoms with van der Waals surface area (Å²) in [6.07, 6.45) is -3.00. The zero-order valence-corrected chi connectivity index (χ0v) is 8.49. The van der Waals surface area contributed by atoms with Crippen molar-refractivity contribution in [3.63, 3.8) is 0 Å². The second-order valence-corrected chi connectivity index (χ2v) is 3.01. The maximum Gasteiger partial charge on any atom is 0.405 e. The van der Waals surface area contributed by atoms with Gasteiger partial charge in [-0.3, -0.25) is 0 Å². The lowest BCUT2D eigenvalue weighted by Crippen LogP contribution is -2.21. The van der Waals surface area contributed by atoms with E-state index in [4.69, 9.17) is 16.3 Å². The molecule has 1 heterocycles. The highest BCUT2D eigenvalue weighted by atomic mass is 35.5. The summed E-state index contributed by atoms with van der Waals surface area (Å²) in [6.45, 7) is -1.15. The fourth-order valence-electron chi connectivity index (χ4n) is 0.952. The highest BCUT2D eigenvalue weighted by Crippen LogP contribution is 2.31. The van der Waals surface area contributed by atoms with Crippen molar-refractivity contribution in [3.8, 4) is 5.75 Å². The summed E-state index contributed by atoms with van der Waals surface area (Å²) in [4.78, 5) is 3.67. The monoisotopic (exact) mass is 240 g/mol. The van der Waals surface area contributed by atoms with Crippen molar-refractivity contribution in [2.45, 2.75) is 6.18 Å². The van der Waals surface area contributed by atoms with Gasteiger partial charge in [-0.15, -0.1) is 0 Å². The summed E-state index contributed by atoms with van der Waals surface area (Å²) in [7, 11) is 1.31. The number of ether oxygens (including phenoxy) is 1. The molecule has 1 rings (SSSR count). The first kappa shape index (κ1) is 11.9. The van der Waals surface area contributed by atoms with Crippen LogP contribution in [-0.2, 0) is 0 Å².